The van der Waals surface area contributed by atoms with Crippen LogP contribution < -0.4 is 5.73 Å². The Morgan fingerprint density at radius 1 is 1.38 bits per heavy atom. The molecule has 7 heteroatoms. The van der Waals surface area contributed by atoms with Gasteiger partial charge in [0.1, 0.15) is 6.04 Å². The molecular formula is C14H21N3O3S. The minimum absolute atomic E-state index is 0.169. The average molecular weight is 311 g/mol. The highest BCUT2D eigenvalue weighted by Gasteiger charge is 2.39. The molecule has 1 amide bonds. The van der Waals surface area contributed by atoms with Crippen molar-refractivity contribution < 1.29 is 13.2 Å². The molecule has 0 aromatic heterocycles. The third-order valence-electron chi connectivity index (χ3n) is 3.68. The van der Waals surface area contributed by atoms with Crippen LogP contribution in [-0.2, 0) is 20.6 Å². The second kappa shape index (κ2) is 6.03. The van der Waals surface area contributed by atoms with Crippen LogP contribution in [0.15, 0.2) is 24.3 Å². The number of nitrogens with two attached hydrogens (primary N) is 1. The number of anilines is 1. The maximum absolute atomic E-state index is 12.6. The van der Waals surface area contributed by atoms with Crippen LogP contribution in [0, 0.1) is 0 Å². The molecule has 6 nitrogen and oxygen atoms in total. The second-order valence-corrected chi connectivity index (χ2v) is 7.38. The molecule has 0 radical (unpaired) electrons. The number of rotatable bonds is 4. The number of sulfonamides is 1. The fourth-order valence-corrected chi connectivity index (χ4v) is 4.38. The molecule has 2 rings (SSSR count). The molecule has 1 saturated heterocycles. The lowest BCUT2D eigenvalue weighted by molar-refractivity contribution is -0.132. The average Bonchev–Trinajstić information content (AvgIpc) is 2.90. The number of nitrogen functional groups attached to an aromatic ring is 1. The van der Waals surface area contributed by atoms with E-state index in [1.165, 1.54) is 9.21 Å². The van der Waals surface area contributed by atoms with Gasteiger partial charge in [0, 0.05) is 26.3 Å². The van der Waals surface area contributed by atoms with Gasteiger partial charge in [0.05, 0.1) is 5.75 Å². The van der Waals surface area contributed by atoms with Crippen LogP contribution in [0.2, 0.25) is 0 Å². The van der Waals surface area contributed by atoms with Crippen LogP contribution >= 0.6 is 0 Å². The number of nitrogens with zero attached hydrogens (tertiary/aromatic N) is 2. The Morgan fingerprint density at radius 2 is 2.05 bits per heavy atom. The molecule has 0 aliphatic carbocycles. The molecule has 1 aromatic rings. The molecule has 116 valence electrons. The van der Waals surface area contributed by atoms with E-state index in [-0.39, 0.29) is 11.7 Å². The van der Waals surface area contributed by atoms with Gasteiger partial charge in [0.15, 0.2) is 0 Å². The summed E-state index contributed by atoms with van der Waals surface area (Å²) in [5, 5.41) is 0. The molecule has 1 fully saturated rings. The van der Waals surface area contributed by atoms with E-state index in [2.05, 4.69) is 0 Å². The van der Waals surface area contributed by atoms with Gasteiger partial charge in [-0.15, -0.1) is 0 Å². The van der Waals surface area contributed by atoms with E-state index >= 15 is 0 Å². The van der Waals surface area contributed by atoms with Gasteiger partial charge in [-0.1, -0.05) is 18.2 Å². The summed E-state index contributed by atoms with van der Waals surface area (Å²) in [7, 11) is -0.278. The largest absolute Gasteiger partial charge is 0.398 e. The first-order chi connectivity index (χ1) is 9.83. The fourth-order valence-electron chi connectivity index (χ4n) is 2.56. The molecular weight excluding hydrogens is 290 g/mol. The predicted octanol–water partition coefficient (Wildman–Crippen LogP) is 0.651. The number of likely N-dealkylation sites (N-methyl/N-ethyl adjacent to an activating group) is 1. The van der Waals surface area contributed by atoms with Crippen LogP contribution in [0.1, 0.15) is 18.4 Å². The summed E-state index contributed by atoms with van der Waals surface area (Å²) in [5.74, 6) is -0.339. The molecule has 0 bridgehead atoms. The van der Waals surface area contributed by atoms with Gasteiger partial charge in [0.25, 0.3) is 0 Å². The summed E-state index contributed by atoms with van der Waals surface area (Å²) >= 11 is 0. The van der Waals surface area contributed by atoms with Crippen LogP contribution in [0.4, 0.5) is 5.69 Å². The molecule has 1 aromatic carbocycles. The zero-order valence-corrected chi connectivity index (χ0v) is 13.1. The van der Waals surface area contributed by atoms with E-state index in [4.69, 9.17) is 5.73 Å². The maximum atomic E-state index is 12.6. The number of carbonyl (C=O) groups excluding carboxylic acids is 1. The van der Waals surface area contributed by atoms with Crippen LogP contribution in [0.3, 0.4) is 0 Å². The Kier molecular flexibility index (Phi) is 4.53. The summed E-state index contributed by atoms with van der Waals surface area (Å²) in [6, 6.07) is 6.31. The quantitative estimate of drug-likeness (QED) is 0.828. The van der Waals surface area contributed by atoms with E-state index in [9.17, 15) is 13.2 Å². The number of amides is 1. The Bertz CT molecular complexity index is 628. The summed E-state index contributed by atoms with van der Waals surface area (Å²) in [4.78, 5) is 13.6. The van der Waals surface area contributed by atoms with E-state index in [0.717, 1.165) is 0 Å². The number of para-hydroxylation sites is 1. The van der Waals surface area contributed by atoms with Crippen molar-refractivity contribution in [2.45, 2.75) is 24.6 Å². The predicted molar refractivity (Wildman–Crippen MR) is 81.9 cm³/mol. The van der Waals surface area contributed by atoms with Crippen molar-refractivity contribution in [3.63, 3.8) is 0 Å². The Hall–Kier alpha value is -1.60. The zero-order valence-electron chi connectivity index (χ0n) is 12.3. The molecule has 0 saturated carbocycles. The first-order valence-electron chi connectivity index (χ1n) is 6.87. The highest BCUT2D eigenvalue weighted by Crippen LogP contribution is 2.25. The lowest BCUT2D eigenvalue weighted by Crippen LogP contribution is -2.45. The summed E-state index contributed by atoms with van der Waals surface area (Å²) < 4.78 is 26.5. The first-order valence-corrected chi connectivity index (χ1v) is 8.48. The van der Waals surface area contributed by atoms with Crippen molar-refractivity contribution in [3.05, 3.63) is 29.8 Å². The van der Waals surface area contributed by atoms with Gasteiger partial charge < -0.3 is 10.6 Å². The maximum Gasteiger partial charge on any atom is 0.240 e. The highest BCUT2D eigenvalue weighted by atomic mass is 32.2. The number of hydrogen-bond acceptors (Lipinski definition) is 4. The topological polar surface area (TPSA) is 83.7 Å². The number of hydrogen-bond donors (Lipinski definition) is 1. The Labute approximate surface area is 125 Å². The zero-order chi connectivity index (χ0) is 15.6. The van der Waals surface area contributed by atoms with Crippen molar-refractivity contribution >= 4 is 21.6 Å². The van der Waals surface area contributed by atoms with Crippen molar-refractivity contribution in [2.24, 2.45) is 0 Å². The monoisotopic (exact) mass is 311 g/mol. The molecule has 1 unspecified atom stereocenters. The van der Waals surface area contributed by atoms with E-state index in [0.29, 0.717) is 30.6 Å². The smallest absolute Gasteiger partial charge is 0.240 e. The van der Waals surface area contributed by atoms with Gasteiger partial charge in [-0.25, -0.2) is 8.42 Å². The van der Waals surface area contributed by atoms with Crippen LogP contribution in [0.25, 0.3) is 0 Å². The molecule has 1 atom stereocenters. The lowest BCUT2D eigenvalue weighted by atomic mass is 10.2. The van der Waals surface area contributed by atoms with Crippen molar-refractivity contribution in [1.82, 2.24) is 9.21 Å². The summed E-state index contributed by atoms with van der Waals surface area (Å²) in [6.45, 7) is 0.388. The molecule has 1 aliphatic rings. The van der Waals surface area contributed by atoms with Crippen LogP contribution in [0.5, 0.6) is 0 Å². The van der Waals surface area contributed by atoms with Crippen molar-refractivity contribution in [2.75, 3.05) is 26.4 Å². The Morgan fingerprint density at radius 3 is 2.67 bits per heavy atom. The minimum Gasteiger partial charge on any atom is -0.398 e. The molecule has 1 heterocycles. The highest BCUT2D eigenvalue weighted by molar-refractivity contribution is 7.88. The van der Waals surface area contributed by atoms with Crippen molar-refractivity contribution in [1.29, 1.82) is 0 Å². The summed E-state index contributed by atoms with van der Waals surface area (Å²) in [6.07, 6.45) is 1.27. The lowest BCUT2D eigenvalue weighted by Gasteiger charge is -2.25. The van der Waals surface area contributed by atoms with Gasteiger partial charge in [-0.05, 0) is 24.5 Å². The third-order valence-corrected chi connectivity index (χ3v) is 5.51. The van der Waals surface area contributed by atoms with E-state index < -0.39 is 16.1 Å². The minimum atomic E-state index is -3.56. The standard InChI is InChI=1S/C14H21N3O3S/c1-16(2)14(18)13-8-5-9-17(13)21(19,20)10-11-6-3-4-7-12(11)15/h3-4,6-7,13H,5,8-10,15H2,1-2H3. The van der Waals surface area contributed by atoms with Crippen LogP contribution in [-0.4, -0.2) is 50.2 Å². The van der Waals surface area contributed by atoms with Gasteiger partial charge in [-0.2, -0.15) is 4.31 Å². The van der Waals surface area contributed by atoms with Crippen molar-refractivity contribution in [3.8, 4) is 0 Å². The van der Waals surface area contributed by atoms with Gasteiger partial charge in [0.2, 0.25) is 15.9 Å². The molecule has 21 heavy (non-hydrogen) atoms. The van der Waals surface area contributed by atoms with E-state index in [1.807, 2.05) is 0 Å². The van der Waals surface area contributed by atoms with Gasteiger partial charge in [-0.3, -0.25) is 4.79 Å². The summed E-state index contributed by atoms with van der Waals surface area (Å²) in [5.41, 5.74) is 6.84. The SMILES string of the molecule is CN(C)C(=O)C1CCCN1S(=O)(=O)Cc1ccccc1N. The third kappa shape index (κ3) is 3.36. The first kappa shape index (κ1) is 15.8. The van der Waals surface area contributed by atoms with E-state index in [1.54, 1.807) is 38.4 Å². The number of benzene rings is 1. The fraction of sp³-hybridized carbons (Fsp3) is 0.500. The van der Waals surface area contributed by atoms with Gasteiger partial charge >= 0.3 is 0 Å². The molecule has 0 spiro atoms. The molecule has 2 N–H and O–H groups in total. The Balaban J connectivity index is 2.23. The second-order valence-electron chi connectivity index (χ2n) is 5.46. The molecule has 1 aliphatic heterocycles. The number of carbonyl (C=O) groups is 1. The normalized spacial score (nSPS) is 19.6.